The van der Waals surface area contributed by atoms with E-state index in [0.29, 0.717) is 43.2 Å². The van der Waals surface area contributed by atoms with Crippen LogP contribution in [0.15, 0.2) is 33.7 Å². The zero-order chi connectivity index (χ0) is 20.1. The molecule has 1 aliphatic heterocycles. The molecule has 5 rings (SSSR count). The smallest absolute Gasteiger partial charge is 0.263 e. The van der Waals surface area contributed by atoms with E-state index in [2.05, 4.69) is 31.0 Å². The zero-order valence-corrected chi connectivity index (χ0v) is 17.6. The molecule has 8 nitrogen and oxygen atoms in total. The number of piperazine rings is 1. The van der Waals surface area contributed by atoms with Crippen LogP contribution < -0.4 is 10.5 Å². The quantitative estimate of drug-likeness (QED) is 0.652. The summed E-state index contributed by atoms with van der Waals surface area (Å²) in [5.74, 6) is 1.02. The van der Waals surface area contributed by atoms with Crippen molar-refractivity contribution >= 4 is 38.8 Å². The fraction of sp³-hybridized carbons (Fsp3) is 0.400. The molecule has 150 valence electrons. The fourth-order valence-corrected chi connectivity index (χ4v) is 4.26. The van der Waals surface area contributed by atoms with Gasteiger partial charge in [-0.15, -0.1) is 5.10 Å². The molecular formula is C20H21BrN6O2. The van der Waals surface area contributed by atoms with E-state index in [1.807, 2.05) is 34.9 Å². The third kappa shape index (κ3) is 3.43. The van der Waals surface area contributed by atoms with Crippen LogP contribution in [0.2, 0.25) is 0 Å². The van der Waals surface area contributed by atoms with Gasteiger partial charge in [0.05, 0.1) is 5.69 Å². The second-order valence-electron chi connectivity index (χ2n) is 7.72. The van der Waals surface area contributed by atoms with E-state index in [-0.39, 0.29) is 17.4 Å². The lowest BCUT2D eigenvalue weighted by Crippen LogP contribution is -2.50. The van der Waals surface area contributed by atoms with Crippen molar-refractivity contribution in [2.75, 3.05) is 31.1 Å². The van der Waals surface area contributed by atoms with E-state index in [1.54, 1.807) is 10.9 Å². The number of aromatic amines is 1. The van der Waals surface area contributed by atoms with Crippen molar-refractivity contribution in [3.05, 3.63) is 44.8 Å². The van der Waals surface area contributed by atoms with Crippen LogP contribution >= 0.6 is 15.9 Å². The molecule has 3 aromatic rings. The standard InChI is InChI=1S/C20H21BrN6O2/c1-12-10-14(21)4-5-16(12)27-11-15-17(24-27)22-20(23-18(15)28)26-8-6-25(7-9-26)19(29)13-2-3-13/h4-5,10-11,13H,2-3,6-9H2,1H3,(H,22,23,24,28). The topological polar surface area (TPSA) is 87.1 Å². The number of nitrogens with zero attached hydrogens (tertiary/aromatic N) is 5. The minimum atomic E-state index is -0.206. The van der Waals surface area contributed by atoms with Crippen LogP contribution in [-0.4, -0.2) is 56.7 Å². The molecule has 0 atom stereocenters. The Bertz CT molecular complexity index is 1160. The first-order chi connectivity index (χ1) is 14.0. The monoisotopic (exact) mass is 456 g/mol. The van der Waals surface area contributed by atoms with Gasteiger partial charge >= 0.3 is 0 Å². The fourth-order valence-electron chi connectivity index (χ4n) is 3.78. The number of benzene rings is 1. The van der Waals surface area contributed by atoms with Crippen molar-refractivity contribution in [1.82, 2.24) is 24.6 Å². The predicted octanol–water partition coefficient (Wildman–Crippen LogP) is 2.24. The molecule has 1 saturated carbocycles. The second kappa shape index (κ2) is 6.98. The van der Waals surface area contributed by atoms with Crippen LogP contribution in [0.3, 0.4) is 0 Å². The molecule has 1 N–H and O–H groups in total. The van der Waals surface area contributed by atoms with Crippen LogP contribution in [-0.2, 0) is 4.79 Å². The highest BCUT2D eigenvalue weighted by Gasteiger charge is 2.34. The number of hydrogen-bond donors (Lipinski definition) is 1. The molecule has 2 fully saturated rings. The lowest BCUT2D eigenvalue weighted by Gasteiger charge is -2.35. The van der Waals surface area contributed by atoms with Gasteiger partial charge in [0.15, 0.2) is 5.65 Å². The lowest BCUT2D eigenvalue weighted by atomic mass is 10.2. The van der Waals surface area contributed by atoms with E-state index in [9.17, 15) is 9.59 Å². The van der Waals surface area contributed by atoms with Gasteiger partial charge in [-0.1, -0.05) is 15.9 Å². The van der Waals surface area contributed by atoms with Crippen molar-refractivity contribution in [2.45, 2.75) is 19.8 Å². The van der Waals surface area contributed by atoms with Crippen molar-refractivity contribution in [3.63, 3.8) is 0 Å². The van der Waals surface area contributed by atoms with Crippen LogP contribution in [0, 0.1) is 12.8 Å². The van der Waals surface area contributed by atoms with Gasteiger partial charge < -0.3 is 9.80 Å². The molecule has 0 bridgehead atoms. The van der Waals surface area contributed by atoms with Crippen LogP contribution in [0.4, 0.5) is 5.95 Å². The summed E-state index contributed by atoms with van der Waals surface area (Å²) in [7, 11) is 0. The Kier molecular flexibility index (Phi) is 4.42. The van der Waals surface area contributed by atoms with Crippen molar-refractivity contribution in [1.29, 1.82) is 0 Å². The van der Waals surface area contributed by atoms with E-state index < -0.39 is 0 Å². The molecule has 29 heavy (non-hydrogen) atoms. The summed E-state index contributed by atoms with van der Waals surface area (Å²) in [6, 6.07) is 5.91. The number of H-pyrrole nitrogens is 1. The number of halogens is 1. The number of amides is 1. The summed E-state index contributed by atoms with van der Waals surface area (Å²) in [6.07, 6.45) is 3.75. The van der Waals surface area contributed by atoms with Gasteiger partial charge in [0, 0.05) is 42.8 Å². The second-order valence-corrected chi connectivity index (χ2v) is 8.63. The molecule has 3 heterocycles. The summed E-state index contributed by atoms with van der Waals surface area (Å²) in [5.41, 5.74) is 2.16. The molecule has 1 saturated heterocycles. The molecule has 0 spiro atoms. The average Bonchev–Trinajstić information content (AvgIpc) is 3.47. The number of aryl methyl sites for hydroxylation is 1. The first-order valence-corrected chi connectivity index (χ1v) is 10.6. The Morgan fingerprint density at radius 1 is 1.21 bits per heavy atom. The predicted molar refractivity (Wildman–Crippen MR) is 113 cm³/mol. The normalized spacial score (nSPS) is 17.2. The van der Waals surface area contributed by atoms with Gasteiger partial charge in [-0.3, -0.25) is 14.6 Å². The maximum atomic E-state index is 12.6. The maximum absolute atomic E-state index is 12.6. The number of carbonyl (C=O) groups is 1. The molecule has 1 aliphatic carbocycles. The summed E-state index contributed by atoms with van der Waals surface area (Å²) in [6.45, 7) is 4.62. The van der Waals surface area contributed by atoms with Gasteiger partial charge in [-0.05, 0) is 43.5 Å². The third-order valence-corrected chi connectivity index (χ3v) is 6.09. The van der Waals surface area contributed by atoms with Gasteiger partial charge in [-0.2, -0.15) is 4.98 Å². The largest absolute Gasteiger partial charge is 0.339 e. The molecule has 1 aromatic carbocycles. The summed E-state index contributed by atoms with van der Waals surface area (Å²) < 4.78 is 2.69. The van der Waals surface area contributed by atoms with E-state index in [4.69, 9.17) is 0 Å². The number of carbonyl (C=O) groups excluding carboxylic acids is 1. The van der Waals surface area contributed by atoms with E-state index >= 15 is 0 Å². The lowest BCUT2D eigenvalue weighted by molar-refractivity contribution is -0.132. The third-order valence-electron chi connectivity index (χ3n) is 5.60. The Labute approximate surface area is 175 Å². The van der Waals surface area contributed by atoms with Gasteiger partial charge in [0.1, 0.15) is 5.39 Å². The molecule has 9 heteroatoms. The molecule has 0 radical (unpaired) electrons. The van der Waals surface area contributed by atoms with Gasteiger partial charge in [0.25, 0.3) is 5.56 Å². The number of anilines is 1. The Morgan fingerprint density at radius 3 is 2.66 bits per heavy atom. The number of nitrogens with one attached hydrogen (secondary N) is 1. The highest BCUT2D eigenvalue weighted by molar-refractivity contribution is 9.10. The molecule has 1 amide bonds. The SMILES string of the molecule is Cc1cc(Br)ccc1-n1cc2c(=O)[nH]c(N3CCN(C(=O)C4CC4)CC3)nc2n1. The first-order valence-electron chi connectivity index (χ1n) is 9.79. The highest BCUT2D eigenvalue weighted by Crippen LogP contribution is 2.31. The number of rotatable bonds is 3. The minimum Gasteiger partial charge on any atom is -0.339 e. The molecule has 2 aliphatic rings. The minimum absolute atomic E-state index is 0.206. The van der Waals surface area contributed by atoms with Crippen molar-refractivity contribution < 1.29 is 4.79 Å². The number of aromatic nitrogens is 4. The summed E-state index contributed by atoms with van der Waals surface area (Å²) in [4.78, 5) is 36.3. The van der Waals surface area contributed by atoms with E-state index in [1.165, 1.54) is 0 Å². The zero-order valence-electron chi connectivity index (χ0n) is 16.1. The molecule has 2 aromatic heterocycles. The Hall–Kier alpha value is -2.68. The van der Waals surface area contributed by atoms with Crippen molar-refractivity contribution in [3.8, 4) is 5.69 Å². The van der Waals surface area contributed by atoms with Crippen LogP contribution in [0.1, 0.15) is 18.4 Å². The van der Waals surface area contributed by atoms with Crippen LogP contribution in [0.5, 0.6) is 0 Å². The Balaban J connectivity index is 1.41. The number of hydrogen-bond acceptors (Lipinski definition) is 5. The summed E-state index contributed by atoms with van der Waals surface area (Å²) in [5, 5.41) is 5.00. The first kappa shape index (κ1) is 18.4. The Morgan fingerprint density at radius 2 is 1.97 bits per heavy atom. The van der Waals surface area contributed by atoms with Gasteiger partial charge in [-0.25, -0.2) is 4.68 Å². The van der Waals surface area contributed by atoms with Crippen LogP contribution in [0.25, 0.3) is 16.7 Å². The molecular weight excluding hydrogens is 436 g/mol. The maximum Gasteiger partial charge on any atom is 0.263 e. The molecule has 0 unspecified atom stereocenters. The summed E-state index contributed by atoms with van der Waals surface area (Å²) >= 11 is 3.47. The average molecular weight is 457 g/mol. The highest BCUT2D eigenvalue weighted by atomic mass is 79.9. The van der Waals surface area contributed by atoms with Crippen molar-refractivity contribution in [2.24, 2.45) is 5.92 Å². The van der Waals surface area contributed by atoms with Gasteiger partial charge in [0.2, 0.25) is 11.9 Å². The van der Waals surface area contributed by atoms with E-state index in [0.717, 1.165) is 28.6 Å². The number of fused-ring (bicyclic) bond motifs is 1.